The molecule has 1 aromatic carbocycles. The number of pyridine rings is 1. The largest absolute Gasteiger partial charge is 0.417 e. The van der Waals surface area contributed by atoms with Crippen LogP contribution in [0.1, 0.15) is 77.6 Å². The van der Waals surface area contributed by atoms with Crippen molar-refractivity contribution in [1.82, 2.24) is 14.5 Å². The molecule has 1 saturated carbocycles. The fourth-order valence-corrected chi connectivity index (χ4v) is 6.38. The molecule has 39 heavy (non-hydrogen) atoms. The minimum Gasteiger partial charge on any atom is -0.342 e. The number of piperidine rings is 1. The number of hydrogen-bond acceptors (Lipinski definition) is 4. The Hall–Kier alpha value is -3.67. The summed E-state index contributed by atoms with van der Waals surface area (Å²) in [6.07, 6.45) is 1.87. The number of alkyl halides is 3. The molecule has 2 aliphatic rings. The monoisotopic (exact) mass is 536 g/mol. The van der Waals surface area contributed by atoms with Gasteiger partial charge < -0.3 is 9.47 Å². The molecule has 204 valence electrons. The van der Waals surface area contributed by atoms with Crippen LogP contribution in [0.3, 0.4) is 0 Å². The lowest BCUT2D eigenvalue weighted by molar-refractivity contribution is -0.137. The van der Waals surface area contributed by atoms with Gasteiger partial charge in [0.25, 0.3) is 0 Å². The first-order valence-electron chi connectivity index (χ1n) is 13.4. The van der Waals surface area contributed by atoms with Crippen molar-refractivity contribution >= 4 is 22.7 Å². The summed E-state index contributed by atoms with van der Waals surface area (Å²) >= 11 is 0. The van der Waals surface area contributed by atoms with E-state index >= 15 is 0 Å². The van der Waals surface area contributed by atoms with Gasteiger partial charge in [-0.3, -0.25) is 9.59 Å². The van der Waals surface area contributed by atoms with Gasteiger partial charge in [0, 0.05) is 55.8 Å². The number of aromatic nitrogens is 2. The number of nitriles is 1. The predicted molar refractivity (Wildman–Crippen MR) is 140 cm³/mol. The number of hydrogen-bond donors (Lipinski definition) is 0. The Balaban J connectivity index is 1.46. The maximum Gasteiger partial charge on any atom is 0.417 e. The number of halogens is 3. The van der Waals surface area contributed by atoms with Crippen LogP contribution < -0.4 is 0 Å². The van der Waals surface area contributed by atoms with E-state index in [0.29, 0.717) is 37.4 Å². The number of amides is 1. The molecule has 0 radical (unpaired) electrons. The molecule has 1 aliphatic carbocycles. The first-order chi connectivity index (χ1) is 18.6. The van der Waals surface area contributed by atoms with Crippen molar-refractivity contribution in [3.63, 3.8) is 0 Å². The molecule has 2 aromatic heterocycles. The Morgan fingerprint density at radius 3 is 2.54 bits per heavy atom. The van der Waals surface area contributed by atoms with Crippen molar-refractivity contribution in [2.24, 2.45) is 18.9 Å². The second-order valence-corrected chi connectivity index (χ2v) is 11.0. The molecular weight excluding hydrogens is 505 g/mol. The summed E-state index contributed by atoms with van der Waals surface area (Å²) in [5.41, 5.74) is 0.226. The summed E-state index contributed by atoms with van der Waals surface area (Å²) in [7, 11) is 1.68. The van der Waals surface area contributed by atoms with E-state index < -0.39 is 23.9 Å². The highest BCUT2D eigenvalue weighted by molar-refractivity contribution is 5.99. The van der Waals surface area contributed by atoms with Crippen LogP contribution in [0.15, 0.2) is 36.7 Å². The number of aryl methyl sites for hydroxylation is 1. The minimum atomic E-state index is -4.70. The van der Waals surface area contributed by atoms with Crippen LogP contribution in [0.2, 0.25) is 0 Å². The molecule has 3 aromatic rings. The first kappa shape index (κ1) is 26.9. The minimum absolute atomic E-state index is 0.0373. The van der Waals surface area contributed by atoms with Crippen molar-refractivity contribution < 1.29 is 22.8 Å². The zero-order chi connectivity index (χ0) is 27.9. The number of benzene rings is 1. The van der Waals surface area contributed by atoms with Crippen LogP contribution in [0.25, 0.3) is 11.0 Å². The number of fused-ring (bicyclic) bond motifs is 1. The van der Waals surface area contributed by atoms with Crippen LogP contribution in [0.5, 0.6) is 0 Å². The average molecular weight is 537 g/mol. The fraction of sp³-hybridized carbons (Fsp3) is 0.467. The molecule has 1 amide bonds. The van der Waals surface area contributed by atoms with Crippen molar-refractivity contribution in [3.8, 4) is 6.07 Å². The summed E-state index contributed by atoms with van der Waals surface area (Å²) in [4.78, 5) is 32.3. The van der Waals surface area contributed by atoms with E-state index in [1.54, 1.807) is 17.8 Å². The van der Waals surface area contributed by atoms with E-state index in [2.05, 4.69) is 11.9 Å². The number of nitrogens with zero attached hydrogens (tertiary/aromatic N) is 4. The first-order valence-corrected chi connectivity index (χ1v) is 13.4. The van der Waals surface area contributed by atoms with Crippen molar-refractivity contribution in [2.75, 3.05) is 13.1 Å². The van der Waals surface area contributed by atoms with Gasteiger partial charge >= 0.3 is 6.18 Å². The van der Waals surface area contributed by atoms with Gasteiger partial charge in [-0.25, -0.2) is 4.98 Å². The van der Waals surface area contributed by atoms with Crippen molar-refractivity contribution in [3.05, 3.63) is 64.5 Å². The van der Waals surface area contributed by atoms with Crippen LogP contribution in [-0.4, -0.2) is 39.2 Å². The van der Waals surface area contributed by atoms with Crippen LogP contribution >= 0.6 is 0 Å². The summed E-state index contributed by atoms with van der Waals surface area (Å²) < 4.78 is 45.5. The van der Waals surface area contributed by atoms with E-state index in [4.69, 9.17) is 5.26 Å². The van der Waals surface area contributed by atoms with Gasteiger partial charge in [-0.05, 0) is 60.8 Å². The van der Waals surface area contributed by atoms with E-state index in [-0.39, 0.29) is 45.5 Å². The highest BCUT2D eigenvalue weighted by atomic mass is 19.4. The molecule has 0 spiro atoms. The number of rotatable bonds is 5. The molecule has 0 bridgehead atoms. The topological polar surface area (TPSA) is 79.0 Å². The van der Waals surface area contributed by atoms with Crippen LogP contribution in [0.4, 0.5) is 13.2 Å². The lowest BCUT2D eigenvalue weighted by atomic mass is 9.86. The normalized spacial score (nSPS) is 20.4. The average Bonchev–Trinajstić information content (AvgIpc) is 3.50. The second kappa shape index (κ2) is 10.5. The van der Waals surface area contributed by atoms with Gasteiger partial charge in [-0.15, -0.1) is 0 Å². The summed E-state index contributed by atoms with van der Waals surface area (Å²) in [5.74, 6) is -0.0642. The third-order valence-electron chi connectivity index (χ3n) is 8.47. The summed E-state index contributed by atoms with van der Waals surface area (Å²) in [6.45, 7) is 3.16. The number of likely N-dealkylation sites (tertiary alicyclic amines) is 1. The maximum atomic E-state index is 14.6. The number of ketones is 1. The Labute approximate surface area is 225 Å². The fourth-order valence-electron chi connectivity index (χ4n) is 6.38. The highest BCUT2D eigenvalue weighted by Crippen LogP contribution is 2.43. The molecule has 2 fully saturated rings. The van der Waals surface area contributed by atoms with Crippen LogP contribution in [0, 0.1) is 23.2 Å². The molecule has 0 unspecified atom stereocenters. The predicted octanol–water partition coefficient (Wildman–Crippen LogP) is 6.03. The smallest absolute Gasteiger partial charge is 0.342 e. The Morgan fingerprint density at radius 2 is 1.90 bits per heavy atom. The molecule has 2 atom stereocenters. The number of Topliss-reactive ketones (excluding diaryl/α,β-unsaturated/α-hetero) is 1. The van der Waals surface area contributed by atoms with Gasteiger partial charge in [-0.2, -0.15) is 18.4 Å². The molecule has 5 rings (SSSR count). The standard InChI is InChI=1S/C30H31F3N4O2/c1-18-5-3-8-23(18)29(39)37-11-9-20(10-12-37)24-17-36(2)28-26(24)27(30(31,32)33)22(16-35-28)14-25(38)21-7-4-6-19(13-21)15-34/h4,6-7,13,16-18,20,23H,3,5,8-12,14H2,1-2H3/t18-,23+/m1/s1. The molecule has 9 heteroatoms. The van der Waals surface area contributed by atoms with Gasteiger partial charge in [0.2, 0.25) is 5.91 Å². The van der Waals surface area contributed by atoms with E-state index in [1.807, 2.05) is 11.0 Å². The lowest BCUT2D eigenvalue weighted by Crippen LogP contribution is -2.42. The lowest BCUT2D eigenvalue weighted by Gasteiger charge is -2.34. The van der Waals surface area contributed by atoms with Crippen molar-refractivity contribution in [1.29, 1.82) is 5.26 Å². The molecular formula is C30H31F3N4O2. The van der Waals surface area contributed by atoms with Gasteiger partial charge in [-0.1, -0.05) is 25.5 Å². The third-order valence-corrected chi connectivity index (χ3v) is 8.47. The second-order valence-electron chi connectivity index (χ2n) is 11.0. The molecule has 1 saturated heterocycles. The molecule has 6 nitrogen and oxygen atoms in total. The SMILES string of the molecule is C[C@@H]1CCC[C@@H]1C(=O)N1CCC(c2cn(C)c3ncc(CC(=O)c4cccc(C#N)c4)c(C(F)(F)F)c23)CC1. The summed E-state index contributed by atoms with van der Waals surface area (Å²) in [6, 6.07) is 7.91. The maximum absolute atomic E-state index is 14.6. The van der Waals surface area contributed by atoms with Crippen molar-refractivity contribution in [2.45, 2.75) is 57.5 Å². The zero-order valence-corrected chi connectivity index (χ0v) is 22.1. The van der Waals surface area contributed by atoms with Gasteiger partial charge in [0.15, 0.2) is 5.78 Å². The van der Waals surface area contributed by atoms with E-state index in [1.165, 1.54) is 24.3 Å². The molecule has 0 N–H and O–H groups in total. The van der Waals surface area contributed by atoms with Crippen LogP contribution in [-0.2, 0) is 24.4 Å². The molecule has 3 heterocycles. The number of carbonyl (C=O) groups excluding carboxylic acids is 2. The Kier molecular flexibility index (Phi) is 7.23. The Bertz CT molecular complexity index is 1460. The Morgan fingerprint density at radius 1 is 1.15 bits per heavy atom. The van der Waals surface area contributed by atoms with E-state index in [0.717, 1.165) is 25.5 Å². The summed E-state index contributed by atoms with van der Waals surface area (Å²) in [5, 5.41) is 9.17. The number of carbonyl (C=O) groups is 2. The van der Waals surface area contributed by atoms with Gasteiger partial charge in [0.05, 0.1) is 17.2 Å². The molecule has 1 aliphatic heterocycles. The van der Waals surface area contributed by atoms with E-state index in [9.17, 15) is 22.8 Å². The van der Waals surface area contributed by atoms with Gasteiger partial charge in [0.1, 0.15) is 5.65 Å². The zero-order valence-electron chi connectivity index (χ0n) is 22.1. The third kappa shape index (κ3) is 5.17. The quantitative estimate of drug-likeness (QED) is 0.373. The highest BCUT2D eigenvalue weighted by Gasteiger charge is 2.40.